The molecule has 0 radical (unpaired) electrons. The average Bonchev–Trinajstić information content (AvgIpc) is 2.36. The molecule has 0 aliphatic rings. The third-order valence-electron chi connectivity index (χ3n) is 2.39. The average molecular weight is 307 g/mol. The molecule has 108 valence electrons. The molecule has 0 spiro atoms. The van der Waals surface area contributed by atoms with Crippen molar-refractivity contribution in [3.05, 3.63) is 23.2 Å². The van der Waals surface area contributed by atoms with Gasteiger partial charge in [-0.3, -0.25) is 0 Å². The lowest BCUT2D eigenvalue weighted by atomic mass is 10.3. The zero-order valence-electron chi connectivity index (χ0n) is 10.9. The fraction of sp³-hybridized carbons (Fsp3) is 0.500. The lowest BCUT2D eigenvalue weighted by Crippen LogP contribution is -2.25. The molecule has 0 bridgehead atoms. The first-order valence-corrected chi connectivity index (χ1v) is 7.96. The summed E-state index contributed by atoms with van der Waals surface area (Å²) in [4.78, 5) is 0.112. The Hall–Kier alpha value is -0.820. The van der Waals surface area contributed by atoms with Gasteiger partial charge in [-0.2, -0.15) is 0 Å². The van der Waals surface area contributed by atoms with Crippen molar-refractivity contribution in [2.45, 2.75) is 24.7 Å². The predicted molar refractivity (Wildman–Crippen MR) is 76.8 cm³/mol. The minimum Gasteiger partial charge on any atom is -0.398 e. The summed E-state index contributed by atoms with van der Waals surface area (Å²) < 4.78 is 31.6. The van der Waals surface area contributed by atoms with Gasteiger partial charge in [-0.15, -0.1) is 0 Å². The fourth-order valence-corrected chi connectivity index (χ4v) is 2.73. The largest absolute Gasteiger partial charge is 0.398 e. The van der Waals surface area contributed by atoms with Crippen molar-refractivity contribution in [3.8, 4) is 0 Å². The number of rotatable bonds is 8. The summed E-state index contributed by atoms with van der Waals surface area (Å²) >= 11 is 5.80. The van der Waals surface area contributed by atoms with Crippen LogP contribution in [0, 0.1) is 0 Å². The summed E-state index contributed by atoms with van der Waals surface area (Å²) in [5.41, 5.74) is 5.89. The van der Waals surface area contributed by atoms with E-state index in [1.54, 1.807) is 0 Å². The van der Waals surface area contributed by atoms with E-state index in [0.717, 1.165) is 6.42 Å². The van der Waals surface area contributed by atoms with E-state index in [4.69, 9.17) is 22.1 Å². The van der Waals surface area contributed by atoms with E-state index < -0.39 is 10.0 Å². The molecule has 5 nitrogen and oxygen atoms in total. The topological polar surface area (TPSA) is 81.4 Å². The van der Waals surface area contributed by atoms with E-state index in [0.29, 0.717) is 31.9 Å². The number of hydrogen-bond acceptors (Lipinski definition) is 4. The van der Waals surface area contributed by atoms with Gasteiger partial charge in [0.25, 0.3) is 0 Å². The Kier molecular flexibility index (Phi) is 6.57. The molecule has 1 aromatic rings. The van der Waals surface area contributed by atoms with Crippen LogP contribution in [-0.4, -0.2) is 28.2 Å². The first kappa shape index (κ1) is 16.2. The molecule has 0 aromatic heterocycles. The number of ether oxygens (including phenoxy) is 1. The molecule has 1 aromatic carbocycles. The molecule has 0 saturated heterocycles. The highest BCUT2D eigenvalue weighted by Gasteiger charge is 2.14. The van der Waals surface area contributed by atoms with Gasteiger partial charge >= 0.3 is 0 Å². The predicted octanol–water partition coefficient (Wildman–Crippen LogP) is 2.02. The van der Waals surface area contributed by atoms with Gasteiger partial charge < -0.3 is 10.5 Å². The number of hydrogen-bond donors (Lipinski definition) is 2. The quantitative estimate of drug-likeness (QED) is 0.568. The standard InChI is InChI=1S/C12H19ClN2O3S/c1-2-7-18-8-3-6-15-19(16,17)10-4-5-12(14)11(13)9-10/h4-5,9,15H,2-3,6-8,14H2,1H3. The molecular formula is C12H19ClN2O3S. The van der Waals surface area contributed by atoms with Crippen LogP contribution in [0.25, 0.3) is 0 Å². The van der Waals surface area contributed by atoms with Crippen LogP contribution in [0.1, 0.15) is 19.8 Å². The Morgan fingerprint density at radius 2 is 2.11 bits per heavy atom. The third-order valence-corrected chi connectivity index (χ3v) is 4.17. The molecule has 0 fully saturated rings. The van der Waals surface area contributed by atoms with Gasteiger partial charge in [0.1, 0.15) is 0 Å². The Balaban J connectivity index is 2.49. The van der Waals surface area contributed by atoms with Crippen LogP contribution in [0.4, 0.5) is 5.69 Å². The molecule has 1 rings (SSSR count). The lowest BCUT2D eigenvalue weighted by Gasteiger charge is -2.08. The summed E-state index contributed by atoms with van der Waals surface area (Å²) in [5.74, 6) is 0. The van der Waals surface area contributed by atoms with E-state index in [2.05, 4.69) is 4.72 Å². The molecule has 3 N–H and O–H groups in total. The van der Waals surface area contributed by atoms with Crippen molar-refractivity contribution < 1.29 is 13.2 Å². The van der Waals surface area contributed by atoms with Crippen LogP contribution in [-0.2, 0) is 14.8 Å². The van der Waals surface area contributed by atoms with Gasteiger partial charge in [0.05, 0.1) is 15.6 Å². The zero-order valence-corrected chi connectivity index (χ0v) is 12.4. The molecule has 19 heavy (non-hydrogen) atoms. The number of nitrogens with two attached hydrogens (primary N) is 1. The van der Waals surface area contributed by atoms with Crippen LogP contribution in [0.15, 0.2) is 23.1 Å². The highest BCUT2D eigenvalue weighted by Crippen LogP contribution is 2.22. The lowest BCUT2D eigenvalue weighted by molar-refractivity contribution is 0.133. The van der Waals surface area contributed by atoms with Gasteiger partial charge in [-0.1, -0.05) is 18.5 Å². The van der Waals surface area contributed by atoms with Crippen LogP contribution in [0.5, 0.6) is 0 Å². The summed E-state index contributed by atoms with van der Waals surface area (Å²) in [6.07, 6.45) is 1.58. The second-order valence-electron chi connectivity index (χ2n) is 4.05. The molecular weight excluding hydrogens is 288 g/mol. The Bertz CT molecular complexity index is 506. The van der Waals surface area contributed by atoms with E-state index in [-0.39, 0.29) is 9.92 Å². The first-order chi connectivity index (χ1) is 8.97. The number of nitrogen functional groups attached to an aromatic ring is 1. The van der Waals surface area contributed by atoms with Gasteiger partial charge in [0.15, 0.2) is 0 Å². The summed E-state index contributed by atoms with van der Waals surface area (Å²) in [7, 11) is -3.54. The number of sulfonamides is 1. The number of anilines is 1. The maximum absolute atomic E-state index is 11.9. The molecule has 0 heterocycles. The van der Waals surface area contributed by atoms with Crippen molar-refractivity contribution in [3.63, 3.8) is 0 Å². The van der Waals surface area contributed by atoms with Gasteiger partial charge in [-0.05, 0) is 31.0 Å². The number of halogens is 1. The van der Waals surface area contributed by atoms with Crippen LogP contribution in [0.3, 0.4) is 0 Å². The van der Waals surface area contributed by atoms with Crippen LogP contribution in [0.2, 0.25) is 5.02 Å². The Morgan fingerprint density at radius 1 is 1.37 bits per heavy atom. The van der Waals surface area contributed by atoms with E-state index >= 15 is 0 Å². The molecule has 0 aliphatic carbocycles. The van der Waals surface area contributed by atoms with Gasteiger partial charge in [-0.25, -0.2) is 13.1 Å². The van der Waals surface area contributed by atoms with Gasteiger partial charge in [0.2, 0.25) is 10.0 Å². The monoisotopic (exact) mass is 306 g/mol. The summed E-state index contributed by atoms with van der Waals surface area (Å²) in [6.45, 7) is 3.58. The SMILES string of the molecule is CCCOCCCNS(=O)(=O)c1ccc(N)c(Cl)c1. The summed E-state index contributed by atoms with van der Waals surface area (Å²) in [5, 5.41) is 0.231. The molecule has 7 heteroatoms. The molecule has 0 unspecified atom stereocenters. The third kappa shape index (κ3) is 5.36. The second kappa shape index (κ2) is 7.69. The van der Waals surface area contributed by atoms with Crippen LogP contribution < -0.4 is 10.5 Å². The fourth-order valence-electron chi connectivity index (χ4n) is 1.39. The normalized spacial score (nSPS) is 11.7. The maximum atomic E-state index is 11.9. The minimum absolute atomic E-state index is 0.112. The second-order valence-corrected chi connectivity index (χ2v) is 6.22. The van der Waals surface area contributed by atoms with Crippen molar-refractivity contribution in [2.75, 3.05) is 25.5 Å². The maximum Gasteiger partial charge on any atom is 0.240 e. The van der Waals surface area contributed by atoms with Crippen molar-refractivity contribution in [1.82, 2.24) is 4.72 Å². The zero-order chi connectivity index (χ0) is 14.3. The van der Waals surface area contributed by atoms with Crippen LogP contribution >= 0.6 is 11.6 Å². The minimum atomic E-state index is -3.54. The molecule has 0 aliphatic heterocycles. The first-order valence-electron chi connectivity index (χ1n) is 6.10. The number of nitrogens with one attached hydrogen (secondary N) is 1. The summed E-state index contributed by atoms with van der Waals surface area (Å²) in [6, 6.07) is 4.24. The Labute approximate surface area is 119 Å². The van der Waals surface area contributed by atoms with E-state index in [1.165, 1.54) is 18.2 Å². The smallest absolute Gasteiger partial charge is 0.240 e. The van der Waals surface area contributed by atoms with Crippen molar-refractivity contribution >= 4 is 27.3 Å². The molecule has 0 atom stereocenters. The number of benzene rings is 1. The highest BCUT2D eigenvalue weighted by atomic mass is 35.5. The van der Waals surface area contributed by atoms with Crippen molar-refractivity contribution in [2.24, 2.45) is 0 Å². The highest BCUT2D eigenvalue weighted by molar-refractivity contribution is 7.89. The Morgan fingerprint density at radius 3 is 2.74 bits per heavy atom. The molecule has 0 amide bonds. The van der Waals surface area contributed by atoms with Gasteiger partial charge in [0, 0.05) is 19.8 Å². The van der Waals surface area contributed by atoms with E-state index in [1.807, 2.05) is 6.92 Å². The molecule has 0 saturated carbocycles. The van der Waals surface area contributed by atoms with Crippen molar-refractivity contribution in [1.29, 1.82) is 0 Å². The van der Waals surface area contributed by atoms with E-state index in [9.17, 15) is 8.42 Å².